The number of hydrogen-bond donors (Lipinski definition) is 2. The molecule has 2 N–H and O–H groups in total. The smallest absolute Gasteiger partial charge is 0.264 e. The third kappa shape index (κ3) is 5.42. The number of sulfonamides is 1. The van der Waals surface area contributed by atoms with Crippen molar-refractivity contribution in [3.63, 3.8) is 0 Å². The Morgan fingerprint density at radius 2 is 1.51 bits per heavy atom. The molecule has 1 heterocycles. The summed E-state index contributed by atoms with van der Waals surface area (Å²) in [6.45, 7) is 0.217. The van der Waals surface area contributed by atoms with Crippen LogP contribution >= 0.6 is 0 Å². The van der Waals surface area contributed by atoms with Crippen molar-refractivity contribution in [1.82, 2.24) is 5.32 Å². The Balaban J connectivity index is 1.46. The van der Waals surface area contributed by atoms with E-state index in [9.17, 15) is 18.0 Å². The van der Waals surface area contributed by atoms with Crippen LogP contribution in [0, 0.1) is 0 Å². The van der Waals surface area contributed by atoms with Crippen LogP contribution in [0.5, 0.6) is 0 Å². The van der Waals surface area contributed by atoms with Crippen LogP contribution < -0.4 is 14.9 Å². The van der Waals surface area contributed by atoms with E-state index in [1.54, 1.807) is 66.7 Å². The van der Waals surface area contributed by atoms with Crippen LogP contribution in [0.15, 0.2) is 107 Å². The average molecular weight is 490 g/mol. The van der Waals surface area contributed by atoms with Gasteiger partial charge in [-0.3, -0.25) is 13.9 Å². The number of nitrogens with one attached hydrogen (secondary N) is 2. The molecule has 3 aromatic carbocycles. The average Bonchev–Trinajstić information content (AvgIpc) is 3.41. The number of rotatable bonds is 8. The highest BCUT2D eigenvalue weighted by Crippen LogP contribution is 2.23. The fourth-order valence-corrected chi connectivity index (χ4v) is 4.59. The van der Waals surface area contributed by atoms with E-state index in [0.717, 1.165) is 4.31 Å². The van der Waals surface area contributed by atoms with Crippen LogP contribution in [-0.4, -0.2) is 27.3 Å². The Morgan fingerprint density at radius 1 is 0.829 bits per heavy atom. The summed E-state index contributed by atoms with van der Waals surface area (Å²) in [6.07, 6.45) is 1.52. The second kappa shape index (κ2) is 10.3. The summed E-state index contributed by atoms with van der Waals surface area (Å²) in [4.78, 5) is 25.7. The summed E-state index contributed by atoms with van der Waals surface area (Å²) < 4.78 is 32.0. The lowest BCUT2D eigenvalue weighted by Gasteiger charge is -2.19. The number of hydrogen-bond acceptors (Lipinski definition) is 5. The quantitative estimate of drug-likeness (QED) is 0.384. The molecule has 4 aromatic rings. The molecule has 0 spiro atoms. The third-order valence-corrected chi connectivity index (χ3v) is 7.12. The second-order valence-electron chi connectivity index (χ2n) is 7.59. The zero-order chi connectivity index (χ0) is 24.8. The van der Waals surface area contributed by atoms with Crippen molar-refractivity contribution in [3.8, 4) is 0 Å². The molecule has 0 radical (unpaired) electrons. The minimum atomic E-state index is -3.73. The Hall–Kier alpha value is -4.37. The predicted molar refractivity (Wildman–Crippen MR) is 133 cm³/mol. The Kier molecular flexibility index (Phi) is 6.98. The van der Waals surface area contributed by atoms with E-state index in [0.29, 0.717) is 28.3 Å². The van der Waals surface area contributed by atoms with Gasteiger partial charge in [0.25, 0.3) is 21.8 Å². The van der Waals surface area contributed by atoms with E-state index >= 15 is 0 Å². The van der Waals surface area contributed by atoms with Crippen LogP contribution in [-0.2, 0) is 16.6 Å². The molecule has 0 aliphatic heterocycles. The maximum absolute atomic E-state index is 12.8. The van der Waals surface area contributed by atoms with Gasteiger partial charge in [0.2, 0.25) is 0 Å². The van der Waals surface area contributed by atoms with Crippen LogP contribution in [0.25, 0.3) is 0 Å². The zero-order valence-electron chi connectivity index (χ0n) is 18.8. The fourth-order valence-electron chi connectivity index (χ4n) is 3.37. The van der Waals surface area contributed by atoms with Gasteiger partial charge in [-0.15, -0.1) is 0 Å². The lowest BCUT2D eigenvalue weighted by Crippen LogP contribution is -2.26. The number of carbonyl (C=O) groups is 2. The predicted octanol–water partition coefficient (Wildman–Crippen LogP) is 4.29. The highest BCUT2D eigenvalue weighted by molar-refractivity contribution is 7.92. The van der Waals surface area contributed by atoms with Gasteiger partial charge in [-0.05, 0) is 60.7 Å². The first kappa shape index (κ1) is 23.8. The molecule has 0 saturated heterocycles. The molecule has 0 fully saturated rings. The topological polar surface area (TPSA) is 109 Å². The lowest BCUT2D eigenvalue weighted by atomic mass is 10.1. The summed E-state index contributed by atoms with van der Waals surface area (Å²) in [6, 6.07) is 24.4. The number of nitrogens with zero attached hydrogens (tertiary/aromatic N) is 1. The van der Waals surface area contributed by atoms with Crippen molar-refractivity contribution in [2.24, 2.45) is 0 Å². The van der Waals surface area contributed by atoms with Crippen LogP contribution in [0.1, 0.15) is 26.5 Å². The van der Waals surface area contributed by atoms with Crippen LogP contribution in [0.4, 0.5) is 11.4 Å². The molecule has 0 saturated carbocycles. The standard InChI is InChI=1S/C26H23N3O5S/c1-29(35(32,33)22-9-3-2-4-10-22)20-15-13-19(14-16-20)25(30)28-24-12-6-5-11-23(24)26(31)27-18-21-8-7-17-34-21/h2-17H,18H2,1H3,(H,27,31)(H,28,30). The summed E-state index contributed by atoms with van der Waals surface area (Å²) in [5.41, 5.74) is 1.37. The maximum Gasteiger partial charge on any atom is 0.264 e. The normalized spacial score (nSPS) is 11.0. The number of amides is 2. The van der Waals surface area contributed by atoms with Gasteiger partial charge in [0.15, 0.2) is 0 Å². The maximum atomic E-state index is 12.8. The molecule has 9 heteroatoms. The molecule has 1 aromatic heterocycles. The SMILES string of the molecule is CN(c1ccc(C(=O)Nc2ccccc2C(=O)NCc2ccco2)cc1)S(=O)(=O)c1ccccc1. The van der Waals surface area contributed by atoms with Crippen molar-refractivity contribution in [1.29, 1.82) is 0 Å². The largest absolute Gasteiger partial charge is 0.467 e. The van der Waals surface area contributed by atoms with Gasteiger partial charge in [-0.1, -0.05) is 30.3 Å². The molecule has 0 unspecified atom stereocenters. The zero-order valence-corrected chi connectivity index (χ0v) is 19.7. The molecule has 8 nitrogen and oxygen atoms in total. The monoisotopic (exact) mass is 489 g/mol. The molecule has 4 rings (SSSR count). The summed E-state index contributed by atoms with van der Waals surface area (Å²) in [7, 11) is -2.28. The minimum Gasteiger partial charge on any atom is -0.467 e. The van der Waals surface area contributed by atoms with Crippen molar-refractivity contribution in [3.05, 3.63) is 114 Å². The van der Waals surface area contributed by atoms with E-state index in [2.05, 4.69) is 10.6 Å². The molecule has 0 aliphatic rings. The van der Waals surface area contributed by atoms with Gasteiger partial charge in [-0.2, -0.15) is 0 Å². The van der Waals surface area contributed by atoms with Crippen molar-refractivity contribution in [2.45, 2.75) is 11.4 Å². The summed E-state index contributed by atoms with van der Waals surface area (Å²) in [5.74, 6) is -0.184. The molecular weight excluding hydrogens is 466 g/mol. The molecule has 0 bridgehead atoms. The first-order valence-corrected chi connectivity index (χ1v) is 12.2. The number of anilines is 2. The van der Waals surface area contributed by atoms with Gasteiger partial charge in [0, 0.05) is 12.6 Å². The van der Waals surface area contributed by atoms with Crippen LogP contribution in [0.2, 0.25) is 0 Å². The molecule has 0 atom stereocenters. The van der Waals surface area contributed by atoms with Gasteiger partial charge in [0.05, 0.1) is 34.6 Å². The van der Waals surface area contributed by atoms with Gasteiger partial charge < -0.3 is 15.1 Å². The van der Waals surface area contributed by atoms with E-state index in [4.69, 9.17) is 4.42 Å². The minimum absolute atomic E-state index is 0.172. The Bertz CT molecular complexity index is 1420. The lowest BCUT2D eigenvalue weighted by molar-refractivity contribution is 0.0949. The summed E-state index contributed by atoms with van der Waals surface area (Å²) >= 11 is 0. The second-order valence-corrected chi connectivity index (χ2v) is 9.56. The van der Waals surface area contributed by atoms with Crippen LogP contribution in [0.3, 0.4) is 0 Å². The van der Waals surface area contributed by atoms with E-state index < -0.39 is 15.9 Å². The van der Waals surface area contributed by atoms with Crippen molar-refractivity contribution >= 4 is 33.2 Å². The highest BCUT2D eigenvalue weighted by atomic mass is 32.2. The molecule has 178 valence electrons. The fraction of sp³-hybridized carbons (Fsp3) is 0.0769. The number of carbonyl (C=O) groups excluding carboxylic acids is 2. The molecule has 0 aliphatic carbocycles. The van der Waals surface area contributed by atoms with E-state index in [1.165, 1.54) is 37.6 Å². The molecule has 2 amide bonds. The Morgan fingerprint density at radius 3 is 2.20 bits per heavy atom. The van der Waals surface area contributed by atoms with Crippen molar-refractivity contribution in [2.75, 3.05) is 16.7 Å². The van der Waals surface area contributed by atoms with Gasteiger partial charge in [-0.25, -0.2) is 8.42 Å². The van der Waals surface area contributed by atoms with Crippen molar-refractivity contribution < 1.29 is 22.4 Å². The van der Waals surface area contributed by atoms with E-state index in [-0.39, 0.29) is 17.3 Å². The molecular formula is C26H23N3O5S. The molecule has 35 heavy (non-hydrogen) atoms. The first-order chi connectivity index (χ1) is 16.9. The Labute approximate surface area is 203 Å². The summed E-state index contributed by atoms with van der Waals surface area (Å²) in [5, 5.41) is 5.51. The number of furan rings is 1. The van der Waals surface area contributed by atoms with Gasteiger partial charge in [0.1, 0.15) is 5.76 Å². The third-order valence-electron chi connectivity index (χ3n) is 5.32. The first-order valence-electron chi connectivity index (χ1n) is 10.7. The van der Waals surface area contributed by atoms with Gasteiger partial charge >= 0.3 is 0 Å². The van der Waals surface area contributed by atoms with E-state index in [1.807, 2.05) is 0 Å². The number of benzene rings is 3. The highest BCUT2D eigenvalue weighted by Gasteiger charge is 2.21. The number of para-hydroxylation sites is 1.